The van der Waals surface area contributed by atoms with Crippen molar-refractivity contribution < 1.29 is 9.53 Å². The average molecular weight is 441 g/mol. The predicted octanol–water partition coefficient (Wildman–Crippen LogP) is 4.78. The van der Waals surface area contributed by atoms with Crippen LogP contribution >= 0.6 is 0 Å². The summed E-state index contributed by atoms with van der Waals surface area (Å²) >= 11 is 0. The minimum absolute atomic E-state index is 0.0641. The van der Waals surface area contributed by atoms with Crippen LogP contribution in [0.25, 0.3) is 33.2 Å². The second-order valence-electron chi connectivity index (χ2n) is 8.22. The fourth-order valence-electron chi connectivity index (χ4n) is 3.77. The van der Waals surface area contributed by atoms with Crippen LogP contribution in [0.15, 0.2) is 60.8 Å². The molecule has 0 saturated carbocycles. The molecule has 33 heavy (non-hydrogen) atoms. The number of aromatic amines is 2. The molecule has 166 valence electrons. The van der Waals surface area contributed by atoms with Crippen molar-refractivity contribution in [1.82, 2.24) is 30.5 Å². The summed E-state index contributed by atoms with van der Waals surface area (Å²) < 4.78 is 5.63. The molecule has 0 radical (unpaired) electrons. The van der Waals surface area contributed by atoms with Gasteiger partial charge in [-0.2, -0.15) is 0 Å². The number of pyridine rings is 1. The summed E-state index contributed by atoms with van der Waals surface area (Å²) in [6, 6.07) is 17.3. The van der Waals surface area contributed by atoms with Crippen molar-refractivity contribution in [3.8, 4) is 17.1 Å². The quantitative estimate of drug-likeness (QED) is 0.352. The van der Waals surface area contributed by atoms with Crippen LogP contribution in [0.3, 0.4) is 0 Å². The first-order valence-corrected chi connectivity index (χ1v) is 10.8. The zero-order valence-corrected chi connectivity index (χ0v) is 18.6. The number of amides is 1. The van der Waals surface area contributed by atoms with Gasteiger partial charge in [0.1, 0.15) is 0 Å². The Bertz CT molecular complexity index is 1420. The molecule has 1 amide bonds. The van der Waals surface area contributed by atoms with Gasteiger partial charge in [-0.3, -0.25) is 9.89 Å². The summed E-state index contributed by atoms with van der Waals surface area (Å²) in [5, 5.41) is 10.3. The van der Waals surface area contributed by atoms with Crippen LogP contribution in [0, 0.1) is 0 Å². The second-order valence-corrected chi connectivity index (χ2v) is 8.22. The van der Waals surface area contributed by atoms with Crippen molar-refractivity contribution in [1.29, 1.82) is 0 Å². The molecule has 0 unspecified atom stereocenters. The summed E-state index contributed by atoms with van der Waals surface area (Å²) in [7, 11) is 0. The number of hydrogen-bond acceptors (Lipinski definition) is 5. The van der Waals surface area contributed by atoms with Crippen LogP contribution in [-0.4, -0.2) is 37.2 Å². The van der Waals surface area contributed by atoms with Gasteiger partial charge in [0.2, 0.25) is 11.7 Å². The van der Waals surface area contributed by atoms with E-state index in [0.29, 0.717) is 16.9 Å². The first-order chi connectivity index (χ1) is 16.0. The summed E-state index contributed by atoms with van der Waals surface area (Å²) in [5.74, 6) is 0.434. The van der Waals surface area contributed by atoms with E-state index in [1.807, 2.05) is 75.4 Å². The van der Waals surface area contributed by atoms with Crippen molar-refractivity contribution in [2.24, 2.45) is 0 Å². The van der Waals surface area contributed by atoms with Crippen LogP contribution in [-0.2, 0) is 0 Å². The number of nitrogens with zero attached hydrogens (tertiary/aromatic N) is 3. The third-order valence-corrected chi connectivity index (χ3v) is 5.39. The Morgan fingerprint density at radius 1 is 0.970 bits per heavy atom. The zero-order chi connectivity index (χ0) is 22.9. The molecule has 0 aliphatic rings. The molecule has 5 rings (SSSR count). The lowest BCUT2D eigenvalue weighted by atomic mass is 10.1. The summed E-state index contributed by atoms with van der Waals surface area (Å²) in [5.41, 5.74) is 4.98. The fourth-order valence-corrected chi connectivity index (χ4v) is 3.77. The highest BCUT2D eigenvalue weighted by Gasteiger charge is 2.18. The van der Waals surface area contributed by atoms with Gasteiger partial charge in [-0.1, -0.05) is 30.3 Å². The van der Waals surface area contributed by atoms with Gasteiger partial charge in [0.15, 0.2) is 0 Å². The van der Waals surface area contributed by atoms with Crippen LogP contribution < -0.4 is 10.1 Å². The standard InChI is InChI=1S/C25H24N6O2/c1-14(2)33-22-10-9-17(13-26-22)23-18-11-20-21(12-19(18)30-31-23)29-24(28-20)25(32)27-15(3)16-7-5-4-6-8-16/h4-15,30-31H,1-3H3,(H,27,32)/t15-/m1/s1. The van der Waals surface area contributed by atoms with Gasteiger partial charge >= 0.3 is 0 Å². The van der Waals surface area contributed by atoms with Crippen molar-refractivity contribution in [3.05, 3.63) is 72.2 Å². The minimum atomic E-state index is -0.303. The monoisotopic (exact) mass is 440 g/mol. The number of H-pyrrole nitrogens is 2. The molecule has 8 nitrogen and oxygen atoms in total. The lowest BCUT2D eigenvalue weighted by Gasteiger charge is -2.12. The smallest absolute Gasteiger partial charge is 0.289 e. The zero-order valence-electron chi connectivity index (χ0n) is 18.6. The lowest BCUT2D eigenvalue weighted by Crippen LogP contribution is -2.27. The molecule has 3 aromatic heterocycles. The molecule has 5 aromatic rings. The molecule has 3 N–H and O–H groups in total. The third kappa shape index (κ3) is 4.15. The van der Waals surface area contributed by atoms with Crippen molar-refractivity contribution in [3.63, 3.8) is 0 Å². The molecule has 1 atom stereocenters. The molecule has 8 heteroatoms. The Kier molecular flexibility index (Phi) is 5.26. The number of fused-ring (bicyclic) bond motifs is 2. The Labute approximate surface area is 190 Å². The maximum absolute atomic E-state index is 12.8. The van der Waals surface area contributed by atoms with E-state index in [2.05, 4.69) is 30.5 Å². The number of ether oxygens (including phenoxy) is 1. The first kappa shape index (κ1) is 20.7. The predicted molar refractivity (Wildman–Crippen MR) is 127 cm³/mol. The molecule has 0 spiro atoms. The SMILES string of the molecule is CC(C)Oc1ccc(-c2[nH][nH]c3cc4nc(C(=O)N[C@H](C)c5ccccc5)nc4cc23)cn1. The van der Waals surface area contributed by atoms with E-state index in [4.69, 9.17) is 4.74 Å². The number of imidazole rings is 1. The normalized spacial score (nSPS) is 12.4. The van der Waals surface area contributed by atoms with Gasteiger partial charge < -0.3 is 15.2 Å². The van der Waals surface area contributed by atoms with Gasteiger partial charge in [-0.05, 0) is 44.5 Å². The van der Waals surface area contributed by atoms with E-state index >= 15 is 0 Å². The number of aromatic nitrogens is 5. The highest BCUT2D eigenvalue weighted by molar-refractivity contribution is 6.02. The van der Waals surface area contributed by atoms with Crippen molar-refractivity contribution in [2.75, 3.05) is 0 Å². The number of nitrogens with one attached hydrogen (secondary N) is 3. The number of carbonyl (C=O) groups is 1. The van der Waals surface area contributed by atoms with E-state index in [1.54, 1.807) is 6.20 Å². The van der Waals surface area contributed by atoms with Gasteiger partial charge in [-0.25, -0.2) is 15.0 Å². The van der Waals surface area contributed by atoms with E-state index in [9.17, 15) is 4.79 Å². The molecular formula is C25H24N6O2. The van der Waals surface area contributed by atoms with Crippen molar-refractivity contribution in [2.45, 2.75) is 32.9 Å². The lowest BCUT2D eigenvalue weighted by molar-refractivity contribution is 0.0930. The van der Waals surface area contributed by atoms with E-state index in [-0.39, 0.29) is 23.9 Å². The molecule has 3 heterocycles. The highest BCUT2D eigenvalue weighted by atomic mass is 16.5. The average Bonchev–Trinajstić information content (AvgIpc) is 3.42. The summed E-state index contributed by atoms with van der Waals surface area (Å²) in [6.45, 7) is 5.87. The van der Waals surface area contributed by atoms with Gasteiger partial charge in [-0.15, -0.1) is 0 Å². The molecule has 0 bridgehead atoms. The Morgan fingerprint density at radius 2 is 1.73 bits per heavy atom. The first-order valence-electron chi connectivity index (χ1n) is 10.8. The van der Waals surface area contributed by atoms with E-state index in [1.165, 1.54) is 0 Å². The maximum atomic E-state index is 12.8. The topological polar surface area (TPSA) is 109 Å². The highest BCUT2D eigenvalue weighted by Crippen LogP contribution is 2.29. The van der Waals surface area contributed by atoms with E-state index in [0.717, 1.165) is 27.7 Å². The molecule has 0 saturated heterocycles. The summed E-state index contributed by atoms with van der Waals surface area (Å²) in [6.07, 6.45) is 1.83. The Hall–Kier alpha value is -4.20. The molecule has 2 aromatic carbocycles. The van der Waals surface area contributed by atoms with Crippen LogP contribution in [0.4, 0.5) is 0 Å². The van der Waals surface area contributed by atoms with Crippen LogP contribution in [0.5, 0.6) is 5.88 Å². The minimum Gasteiger partial charge on any atom is -0.475 e. The molecule has 0 aliphatic heterocycles. The second kappa shape index (κ2) is 8.38. The third-order valence-electron chi connectivity index (χ3n) is 5.39. The number of rotatable bonds is 6. The summed E-state index contributed by atoms with van der Waals surface area (Å²) in [4.78, 5) is 26.1. The van der Waals surface area contributed by atoms with Gasteiger partial charge in [0, 0.05) is 23.2 Å². The molecular weight excluding hydrogens is 416 g/mol. The number of hydrogen-bond donors (Lipinski definition) is 3. The maximum Gasteiger partial charge on any atom is 0.289 e. The van der Waals surface area contributed by atoms with Crippen LogP contribution in [0.2, 0.25) is 0 Å². The largest absolute Gasteiger partial charge is 0.475 e. The van der Waals surface area contributed by atoms with Crippen LogP contribution in [0.1, 0.15) is 43.0 Å². The van der Waals surface area contributed by atoms with Gasteiger partial charge in [0.25, 0.3) is 5.91 Å². The molecule has 0 fully saturated rings. The number of benzene rings is 2. The molecule has 0 aliphatic carbocycles. The van der Waals surface area contributed by atoms with Gasteiger partial charge in [0.05, 0.1) is 34.4 Å². The van der Waals surface area contributed by atoms with E-state index < -0.39 is 0 Å². The fraction of sp³-hybridized carbons (Fsp3) is 0.200. The number of carbonyl (C=O) groups excluding carboxylic acids is 1. The Balaban J connectivity index is 1.43. The Morgan fingerprint density at radius 3 is 2.42 bits per heavy atom. The van der Waals surface area contributed by atoms with Crippen molar-refractivity contribution >= 4 is 27.8 Å².